The Morgan fingerprint density at radius 3 is 2.20 bits per heavy atom. The van der Waals surface area contributed by atoms with Gasteiger partial charge < -0.3 is 5.11 Å². The summed E-state index contributed by atoms with van der Waals surface area (Å²) in [6.07, 6.45) is 4.71. The molecule has 0 bridgehead atoms. The van der Waals surface area contributed by atoms with Crippen LogP contribution in [0.2, 0.25) is 0 Å². The summed E-state index contributed by atoms with van der Waals surface area (Å²) >= 11 is 0. The standard InChI is InChI=1S/C9H18O/c1-8(10)6-5-7-9(2,3)4/h5,7-8,10H,6H2,1-4H3. The smallest absolute Gasteiger partial charge is 0.0546 e. The van der Waals surface area contributed by atoms with Crippen LogP contribution in [0.15, 0.2) is 12.2 Å². The first kappa shape index (κ1) is 9.70. The maximum absolute atomic E-state index is 8.90. The summed E-state index contributed by atoms with van der Waals surface area (Å²) in [7, 11) is 0. The Hall–Kier alpha value is -0.300. The third kappa shape index (κ3) is 7.70. The van der Waals surface area contributed by atoms with E-state index in [2.05, 4.69) is 26.8 Å². The Balaban J connectivity index is 3.57. The van der Waals surface area contributed by atoms with Crippen molar-refractivity contribution in [2.45, 2.75) is 40.2 Å². The van der Waals surface area contributed by atoms with Crippen LogP contribution in [0.1, 0.15) is 34.1 Å². The van der Waals surface area contributed by atoms with Gasteiger partial charge in [0.05, 0.1) is 6.10 Å². The van der Waals surface area contributed by atoms with Gasteiger partial charge in [0.25, 0.3) is 0 Å². The molecule has 0 amide bonds. The van der Waals surface area contributed by atoms with Gasteiger partial charge in [0.1, 0.15) is 0 Å². The van der Waals surface area contributed by atoms with Gasteiger partial charge in [-0.3, -0.25) is 0 Å². The fourth-order valence-electron chi connectivity index (χ4n) is 0.619. The lowest BCUT2D eigenvalue weighted by Crippen LogP contribution is -2.01. The average Bonchev–Trinajstić information content (AvgIpc) is 1.59. The summed E-state index contributed by atoms with van der Waals surface area (Å²) in [6.45, 7) is 8.23. The summed E-state index contributed by atoms with van der Waals surface area (Å²) in [5.41, 5.74) is 0.245. The maximum Gasteiger partial charge on any atom is 0.0546 e. The zero-order valence-electron chi connectivity index (χ0n) is 7.39. The Morgan fingerprint density at radius 2 is 1.90 bits per heavy atom. The molecule has 0 aliphatic rings. The Bertz CT molecular complexity index is 106. The zero-order chi connectivity index (χ0) is 8.20. The summed E-state index contributed by atoms with van der Waals surface area (Å²) in [4.78, 5) is 0. The van der Waals surface area contributed by atoms with E-state index in [1.807, 2.05) is 6.08 Å². The molecule has 10 heavy (non-hydrogen) atoms. The summed E-state index contributed by atoms with van der Waals surface area (Å²) in [6, 6.07) is 0. The van der Waals surface area contributed by atoms with E-state index in [0.29, 0.717) is 0 Å². The maximum atomic E-state index is 8.90. The van der Waals surface area contributed by atoms with Gasteiger partial charge in [-0.25, -0.2) is 0 Å². The Labute approximate surface area is 63.8 Å². The molecule has 1 N–H and O–H groups in total. The Morgan fingerprint density at radius 1 is 1.40 bits per heavy atom. The van der Waals surface area contributed by atoms with Crippen molar-refractivity contribution in [3.05, 3.63) is 12.2 Å². The zero-order valence-corrected chi connectivity index (χ0v) is 7.39. The van der Waals surface area contributed by atoms with E-state index in [1.165, 1.54) is 0 Å². The predicted octanol–water partition coefficient (Wildman–Crippen LogP) is 2.36. The lowest BCUT2D eigenvalue weighted by atomic mass is 9.96. The van der Waals surface area contributed by atoms with Gasteiger partial charge in [-0.15, -0.1) is 0 Å². The predicted molar refractivity (Wildman–Crippen MR) is 44.9 cm³/mol. The SMILES string of the molecule is CC(O)CC=CC(C)(C)C. The molecule has 0 aromatic carbocycles. The monoisotopic (exact) mass is 142 g/mol. The molecule has 0 fully saturated rings. The molecule has 0 saturated heterocycles. The number of aliphatic hydroxyl groups is 1. The molecule has 0 aromatic rings. The number of aliphatic hydroxyl groups excluding tert-OH is 1. The van der Waals surface area contributed by atoms with Gasteiger partial charge in [0.15, 0.2) is 0 Å². The molecule has 1 atom stereocenters. The highest BCUT2D eigenvalue weighted by atomic mass is 16.3. The normalized spacial score (nSPS) is 16.1. The lowest BCUT2D eigenvalue weighted by molar-refractivity contribution is 0.198. The van der Waals surface area contributed by atoms with Crippen molar-refractivity contribution < 1.29 is 5.11 Å². The van der Waals surface area contributed by atoms with Crippen molar-refractivity contribution in [3.63, 3.8) is 0 Å². The summed E-state index contributed by atoms with van der Waals surface area (Å²) in [5, 5.41) is 8.90. The van der Waals surface area contributed by atoms with E-state index >= 15 is 0 Å². The largest absolute Gasteiger partial charge is 0.393 e. The van der Waals surface area contributed by atoms with Crippen LogP contribution in [-0.4, -0.2) is 11.2 Å². The minimum Gasteiger partial charge on any atom is -0.393 e. The number of hydrogen-bond donors (Lipinski definition) is 1. The lowest BCUT2D eigenvalue weighted by Gasteiger charge is -2.11. The molecular formula is C9H18O. The highest BCUT2D eigenvalue weighted by molar-refractivity contribution is 4.92. The van der Waals surface area contributed by atoms with Crippen LogP contribution in [0.4, 0.5) is 0 Å². The van der Waals surface area contributed by atoms with Crippen LogP contribution in [0.3, 0.4) is 0 Å². The van der Waals surface area contributed by atoms with Crippen LogP contribution >= 0.6 is 0 Å². The average molecular weight is 142 g/mol. The van der Waals surface area contributed by atoms with E-state index in [-0.39, 0.29) is 11.5 Å². The highest BCUT2D eigenvalue weighted by Gasteiger charge is 2.02. The first-order chi connectivity index (χ1) is 4.42. The summed E-state index contributed by atoms with van der Waals surface area (Å²) < 4.78 is 0. The molecule has 60 valence electrons. The van der Waals surface area contributed by atoms with Crippen molar-refractivity contribution in [1.82, 2.24) is 0 Å². The molecule has 0 rings (SSSR count). The minimum absolute atomic E-state index is 0.210. The van der Waals surface area contributed by atoms with Crippen LogP contribution in [0.5, 0.6) is 0 Å². The van der Waals surface area contributed by atoms with Gasteiger partial charge in [-0.2, -0.15) is 0 Å². The van der Waals surface area contributed by atoms with Crippen molar-refractivity contribution in [2.24, 2.45) is 5.41 Å². The number of allylic oxidation sites excluding steroid dienone is 1. The second-order valence-electron chi connectivity index (χ2n) is 3.85. The van der Waals surface area contributed by atoms with Crippen molar-refractivity contribution in [2.75, 3.05) is 0 Å². The molecule has 0 radical (unpaired) electrons. The second-order valence-corrected chi connectivity index (χ2v) is 3.85. The first-order valence-corrected chi connectivity index (χ1v) is 3.77. The molecule has 0 aliphatic carbocycles. The van der Waals surface area contributed by atoms with Crippen LogP contribution in [0, 0.1) is 5.41 Å². The van der Waals surface area contributed by atoms with E-state index in [4.69, 9.17) is 5.11 Å². The molecule has 0 aliphatic heterocycles. The van der Waals surface area contributed by atoms with Crippen molar-refractivity contribution >= 4 is 0 Å². The van der Waals surface area contributed by atoms with E-state index in [1.54, 1.807) is 6.92 Å². The molecule has 0 spiro atoms. The van der Waals surface area contributed by atoms with Crippen LogP contribution < -0.4 is 0 Å². The number of hydrogen-bond acceptors (Lipinski definition) is 1. The summed E-state index contributed by atoms with van der Waals surface area (Å²) in [5.74, 6) is 0. The molecular weight excluding hydrogens is 124 g/mol. The highest BCUT2D eigenvalue weighted by Crippen LogP contribution is 2.14. The molecule has 0 saturated carbocycles. The molecule has 0 aromatic heterocycles. The van der Waals surface area contributed by atoms with Gasteiger partial charge in [-0.1, -0.05) is 32.9 Å². The second kappa shape index (κ2) is 3.77. The minimum atomic E-state index is -0.210. The first-order valence-electron chi connectivity index (χ1n) is 3.77. The molecule has 1 heteroatoms. The fraction of sp³-hybridized carbons (Fsp3) is 0.778. The van der Waals surface area contributed by atoms with E-state index < -0.39 is 0 Å². The molecule has 0 heterocycles. The third-order valence-electron chi connectivity index (χ3n) is 1.10. The quantitative estimate of drug-likeness (QED) is 0.587. The van der Waals surface area contributed by atoms with Crippen LogP contribution in [0.25, 0.3) is 0 Å². The van der Waals surface area contributed by atoms with E-state index in [9.17, 15) is 0 Å². The van der Waals surface area contributed by atoms with Gasteiger partial charge in [-0.05, 0) is 18.8 Å². The Kier molecular flexibility index (Phi) is 3.66. The van der Waals surface area contributed by atoms with E-state index in [0.717, 1.165) is 6.42 Å². The van der Waals surface area contributed by atoms with Gasteiger partial charge in [0.2, 0.25) is 0 Å². The molecule has 1 unspecified atom stereocenters. The molecule has 1 nitrogen and oxygen atoms in total. The topological polar surface area (TPSA) is 20.2 Å². The number of rotatable bonds is 2. The van der Waals surface area contributed by atoms with Crippen molar-refractivity contribution in [3.8, 4) is 0 Å². The van der Waals surface area contributed by atoms with Crippen molar-refractivity contribution in [1.29, 1.82) is 0 Å². The van der Waals surface area contributed by atoms with Gasteiger partial charge >= 0.3 is 0 Å². The fourth-order valence-corrected chi connectivity index (χ4v) is 0.619. The van der Waals surface area contributed by atoms with Crippen LogP contribution in [-0.2, 0) is 0 Å². The third-order valence-corrected chi connectivity index (χ3v) is 1.10. The van der Waals surface area contributed by atoms with Gasteiger partial charge in [0, 0.05) is 0 Å².